The Kier molecular flexibility index (Phi) is 4.99. The molecule has 1 heterocycles. The normalized spacial score (nSPS) is 26.5. The van der Waals surface area contributed by atoms with Crippen LogP contribution in [0.2, 0.25) is 0 Å². The summed E-state index contributed by atoms with van der Waals surface area (Å²) in [6, 6.07) is 1.48. The molecule has 3 heteroatoms. The van der Waals surface area contributed by atoms with Crippen molar-refractivity contribution in [1.82, 2.24) is 9.80 Å². The largest absolute Gasteiger partial charge is 0.326 e. The van der Waals surface area contributed by atoms with Crippen LogP contribution in [0.1, 0.15) is 40.5 Å². The van der Waals surface area contributed by atoms with Gasteiger partial charge >= 0.3 is 0 Å². The lowest BCUT2D eigenvalue weighted by Gasteiger charge is -2.42. The van der Waals surface area contributed by atoms with Crippen LogP contribution in [0.5, 0.6) is 0 Å². The van der Waals surface area contributed by atoms with Crippen LogP contribution in [0.4, 0.5) is 0 Å². The molecule has 0 aliphatic carbocycles. The zero-order valence-corrected chi connectivity index (χ0v) is 12.5. The molecule has 1 fully saturated rings. The van der Waals surface area contributed by atoms with E-state index in [1.54, 1.807) is 0 Å². The number of hydrogen-bond donors (Lipinski definition) is 1. The fourth-order valence-electron chi connectivity index (χ4n) is 3.13. The van der Waals surface area contributed by atoms with Crippen molar-refractivity contribution in [3.8, 4) is 0 Å². The third-order valence-electron chi connectivity index (χ3n) is 4.08. The van der Waals surface area contributed by atoms with Gasteiger partial charge < -0.3 is 10.6 Å². The molecule has 0 saturated carbocycles. The second kappa shape index (κ2) is 5.68. The summed E-state index contributed by atoms with van der Waals surface area (Å²) in [5, 5.41) is 0. The van der Waals surface area contributed by atoms with Crippen molar-refractivity contribution in [1.29, 1.82) is 0 Å². The van der Waals surface area contributed by atoms with Gasteiger partial charge in [-0.05, 0) is 32.4 Å². The zero-order chi connectivity index (χ0) is 13.2. The molecule has 0 bridgehead atoms. The van der Waals surface area contributed by atoms with Crippen molar-refractivity contribution in [3.05, 3.63) is 0 Å². The first-order valence-corrected chi connectivity index (χ1v) is 6.93. The number of hydrogen-bond acceptors (Lipinski definition) is 3. The molecule has 17 heavy (non-hydrogen) atoms. The third-order valence-corrected chi connectivity index (χ3v) is 4.08. The Labute approximate surface area is 107 Å². The Hall–Kier alpha value is -0.120. The lowest BCUT2D eigenvalue weighted by Crippen LogP contribution is -2.54. The summed E-state index contributed by atoms with van der Waals surface area (Å²) >= 11 is 0. The van der Waals surface area contributed by atoms with E-state index in [9.17, 15) is 0 Å². The highest BCUT2D eigenvalue weighted by atomic mass is 15.3. The molecule has 3 atom stereocenters. The minimum atomic E-state index is 0.261. The summed E-state index contributed by atoms with van der Waals surface area (Å²) in [6.07, 6.45) is 2.33. The van der Waals surface area contributed by atoms with E-state index < -0.39 is 0 Å². The fourth-order valence-corrected chi connectivity index (χ4v) is 3.13. The Balaban J connectivity index is 2.73. The minimum Gasteiger partial charge on any atom is -0.326 e. The van der Waals surface area contributed by atoms with Crippen LogP contribution >= 0.6 is 0 Å². The highest BCUT2D eigenvalue weighted by Gasteiger charge is 2.38. The molecule has 1 aliphatic rings. The number of likely N-dealkylation sites (tertiary alicyclic amines) is 1. The summed E-state index contributed by atoms with van der Waals surface area (Å²) in [6.45, 7) is 11.5. The van der Waals surface area contributed by atoms with Gasteiger partial charge in [0.05, 0.1) is 0 Å². The maximum atomic E-state index is 6.35. The van der Waals surface area contributed by atoms with Crippen LogP contribution in [0.15, 0.2) is 0 Å². The van der Waals surface area contributed by atoms with Gasteiger partial charge in [0.15, 0.2) is 0 Å². The quantitative estimate of drug-likeness (QED) is 0.814. The molecule has 0 aromatic carbocycles. The second-order valence-electron chi connectivity index (χ2n) is 6.78. The molecule has 102 valence electrons. The van der Waals surface area contributed by atoms with Crippen molar-refractivity contribution in [3.63, 3.8) is 0 Å². The predicted molar refractivity (Wildman–Crippen MR) is 75.2 cm³/mol. The van der Waals surface area contributed by atoms with Gasteiger partial charge in [-0.2, -0.15) is 0 Å². The summed E-state index contributed by atoms with van der Waals surface area (Å²) in [5.41, 5.74) is 6.61. The first-order valence-electron chi connectivity index (χ1n) is 6.93. The van der Waals surface area contributed by atoms with E-state index in [1.807, 2.05) is 0 Å². The lowest BCUT2D eigenvalue weighted by atomic mass is 9.80. The van der Waals surface area contributed by atoms with Crippen molar-refractivity contribution in [2.24, 2.45) is 11.1 Å². The maximum absolute atomic E-state index is 6.35. The molecule has 1 rings (SSSR count). The van der Waals surface area contributed by atoms with Gasteiger partial charge in [-0.1, -0.05) is 27.7 Å². The Morgan fingerprint density at radius 3 is 2.29 bits per heavy atom. The van der Waals surface area contributed by atoms with Gasteiger partial charge in [0.1, 0.15) is 0 Å². The van der Waals surface area contributed by atoms with Crippen molar-refractivity contribution in [2.75, 3.05) is 27.2 Å². The molecule has 0 radical (unpaired) electrons. The van der Waals surface area contributed by atoms with Crippen molar-refractivity contribution < 1.29 is 0 Å². The average Bonchev–Trinajstić information content (AvgIpc) is 2.64. The fraction of sp³-hybridized carbons (Fsp3) is 1.00. The van der Waals surface area contributed by atoms with Gasteiger partial charge in [0, 0.05) is 31.2 Å². The number of rotatable bonds is 4. The minimum absolute atomic E-state index is 0.261. The van der Waals surface area contributed by atoms with E-state index in [4.69, 9.17) is 5.73 Å². The van der Waals surface area contributed by atoms with E-state index in [2.05, 4.69) is 51.6 Å². The topological polar surface area (TPSA) is 32.5 Å². The van der Waals surface area contributed by atoms with Crippen LogP contribution in [0.3, 0.4) is 0 Å². The van der Waals surface area contributed by atoms with Gasteiger partial charge in [-0.25, -0.2) is 0 Å². The Morgan fingerprint density at radius 2 is 1.94 bits per heavy atom. The second-order valence-corrected chi connectivity index (χ2v) is 6.78. The summed E-state index contributed by atoms with van der Waals surface area (Å²) in [7, 11) is 4.36. The van der Waals surface area contributed by atoms with E-state index >= 15 is 0 Å². The van der Waals surface area contributed by atoms with Crippen molar-refractivity contribution >= 4 is 0 Å². The summed E-state index contributed by atoms with van der Waals surface area (Å²) in [5.74, 6) is 0. The van der Waals surface area contributed by atoms with E-state index in [1.165, 1.54) is 19.5 Å². The Bertz CT molecular complexity index is 232. The first-order chi connectivity index (χ1) is 7.77. The average molecular weight is 241 g/mol. The highest BCUT2D eigenvalue weighted by molar-refractivity contribution is 4.95. The molecule has 0 spiro atoms. The standard InChI is InChI=1S/C14H31N3/c1-7-12(15)13(14(2,3)4)17-9-8-11(10-17)16(5)6/h11-13H,7-10,15H2,1-6H3. The summed E-state index contributed by atoms with van der Waals surface area (Å²) < 4.78 is 0. The molecule has 1 saturated heterocycles. The molecule has 1 aliphatic heterocycles. The third kappa shape index (κ3) is 3.67. The van der Waals surface area contributed by atoms with Gasteiger partial charge in [0.2, 0.25) is 0 Å². The van der Waals surface area contributed by atoms with E-state index in [0.29, 0.717) is 12.1 Å². The van der Waals surface area contributed by atoms with Crippen LogP contribution in [0.25, 0.3) is 0 Å². The molecular formula is C14H31N3. The molecule has 0 aromatic heterocycles. The number of nitrogens with two attached hydrogens (primary N) is 1. The zero-order valence-electron chi connectivity index (χ0n) is 12.5. The van der Waals surface area contributed by atoms with Crippen LogP contribution in [-0.4, -0.2) is 55.1 Å². The van der Waals surface area contributed by atoms with Gasteiger partial charge in [-0.15, -0.1) is 0 Å². The number of nitrogens with zero attached hydrogens (tertiary/aromatic N) is 2. The smallest absolute Gasteiger partial charge is 0.0296 e. The molecule has 0 amide bonds. The monoisotopic (exact) mass is 241 g/mol. The lowest BCUT2D eigenvalue weighted by molar-refractivity contribution is 0.0918. The molecular weight excluding hydrogens is 210 g/mol. The molecule has 0 aromatic rings. The highest BCUT2D eigenvalue weighted by Crippen LogP contribution is 2.30. The van der Waals surface area contributed by atoms with Gasteiger partial charge in [0.25, 0.3) is 0 Å². The van der Waals surface area contributed by atoms with E-state index in [0.717, 1.165) is 6.42 Å². The predicted octanol–water partition coefficient (Wildman–Crippen LogP) is 1.77. The SMILES string of the molecule is CCC(N)C(N1CCC(N(C)C)C1)C(C)(C)C. The first kappa shape index (κ1) is 14.9. The molecule has 2 N–H and O–H groups in total. The van der Waals surface area contributed by atoms with Crippen LogP contribution in [0, 0.1) is 5.41 Å². The molecule has 3 unspecified atom stereocenters. The number of likely N-dealkylation sites (N-methyl/N-ethyl adjacent to an activating group) is 1. The summed E-state index contributed by atoms with van der Waals surface area (Å²) in [4.78, 5) is 4.95. The van der Waals surface area contributed by atoms with Gasteiger partial charge in [-0.3, -0.25) is 4.90 Å². The Morgan fingerprint density at radius 1 is 1.35 bits per heavy atom. The van der Waals surface area contributed by atoms with E-state index in [-0.39, 0.29) is 11.5 Å². The molecule has 3 nitrogen and oxygen atoms in total. The maximum Gasteiger partial charge on any atom is 0.0296 e. The van der Waals surface area contributed by atoms with Crippen molar-refractivity contribution in [2.45, 2.75) is 58.7 Å². The van der Waals surface area contributed by atoms with Crippen LogP contribution in [-0.2, 0) is 0 Å². The van der Waals surface area contributed by atoms with Crippen LogP contribution < -0.4 is 5.73 Å².